The zero-order valence-electron chi connectivity index (χ0n) is 13.4. The van der Waals surface area contributed by atoms with E-state index in [1.807, 2.05) is 39.0 Å². The molecule has 2 N–H and O–H groups in total. The quantitative estimate of drug-likeness (QED) is 0.845. The van der Waals surface area contributed by atoms with Crippen molar-refractivity contribution in [3.63, 3.8) is 0 Å². The third kappa shape index (κ3) is 4.29. The summed E-state index contributed by atoms with van der Waals surface area (Å²) >= 11 is 0. The number of hydrogen-bond donors (Lipinski definition) is 2. The first-order valence-corrected chi connectivity index (χ1v) is 7.04. The third-order valence-electron chi connectivity index (χ3n) is 3.69. The summed E-state index contributed by atoms with van der Waals surface area (Å²) in [6.07, 6.45) is 0. The lowest BCUT2D eigenvalue weighted by atomic mass is 10.0. The van der Waals surface area contributed by atoms with E-state index in [2.05, 4.69) is 5.32 Å². The Balaban J connectivity index is 2.78. The maximum atomic E-state index is 12.1. The van der Waals surface area contributed by atoms with Crippen molar-refractivity contribution in [2.24, 2.45) is 0 Å². The highest BCUT2D eigenvalue weighted by atomic mass is 16.4. The van der Waals surface area contributed by atoms with Crippen molar-refractivity contribution in [3.05, 3.63) is 29.3 Å². The first-order chi connectivity index (χ1) is 9.68. The zero-order valence-corrected chi connectivity index (χ0v) is 13.4. The molecule has 21 heavy (non-hydrogen) atoms. The maximum absolute atomic E-state index is 12.1. The van der Waals surface area contributed by atoms with E-state index in [0.29, 0.717) is 6.54 Å². The minimum atomic E-state index is -1.07. The summed E-state index contributed by atoms with van der Waals surface area (Å²) in [6, 6.07) is 5.79. The van der Waals surface area contributed by atoms with Gasteiger partial charge in [0.15, 0.2) is 0 Å². The Morgan fingerprint density at radius 1 is 1.29 bits per heavy atom. The molecular formula is C16H24N2O3. The van der Waals surface area contributed by atoms with Gasteiger partial charge in [-0.1, -0.05) is 24.6 Å². The van der Waals surface area contributed by atoms with E-state index in [0.717, 1.165) is 16.8 Å². The van der Waals surface area contributed by atoms with Crippen molar-refractivity contribution in [3.8, 4) is 0 Å². The highest BCUT2D eigenvalue weighted by Crippen LogP contribution is 2.17. The van der Waals surface area contributed by atoms with Gasteiger partial charge in [-0.15, -0.1) is 0 Å². The molecule has 0 atom stereocenters. The number of anilines is 1. The van der Waals surface area contributed by atoms with Crippen molar-refractivity contribution < 1.29 is 14.7 Å². The first-order valence-electron chi connectivity index (χ1n) is 7.04. The van der Waals surface area contributed by atoms with Gasteiger partial charge in [-0.2, -0.15) is 0 Å². The van der Waals surface area contributed by atoms with Crippen LogP contribution < -0.4 is 5.32 Å². The zero-order chi connectivity index (χ0) is 16.2. The normalized spacial score (nSPS) is 11.5. The second kappa shape index (κ2) is 6.72. The maximum Gasteiger partial charge on any atom is 0.323 e. The van der Waals surface area contributed by atoms with Gasteiger partial charge in [0.25, 0.3) is 0 Å². The molecule has 0 unspecified atom stereocenters. The molecule has 0 radical (unpaired) electrons. The van der Waals surface area contributed by atoms with E-state index in [-0.39, 0.29) is 12.5 Å². The van der Waals surface area contributed by atoms with Gasteiger partial charge in [-0.05, 0) is 45.9 Å². The van der Waals surface area contributed by atoms with Gasteiger partial charge in [-0.3, -0.25) is 14.5 Å². The van der Waals surface area contributed by atoms with E-state index in [4.69, 9.17) is 0 Å². The minimum absolute atomic E-state index is 0.0448. The Labute approximate surface area is 126 Å². The molecule has 0 bridgehead atoms. The first kappa shape index (κ1) is 17.2. The molecule has 1 amide bonds. The summed E-state index contributed by atoms with van der Waals surface area (Å²) in [6.45, 7) is 9.50. The standard InChI is InChI=1S/C16H24N2O3/c1-6-18(16(4,5)15(20)21)10-14(19)17-13-8-7-11(2)9-12(13)3/h7-9H,6,10H2,1-5H3,(H,17,19)(H,20,21). The lowest BCUT2D eigenvalue weighted by Gasteiger charge is -2.33. The molecule has 0 fully saturated rings. The van der Waals surface area contributed by atoms with Crippen LogP contribution in [0.2, 0.25) is 0 Å². The number of aliphatic carboxylic acids is 1. The number of carbonyl (C=O) groups is 2. The summed E-state index contributed by atoms with van der Waals surface area (Å²) in [5.41, 5.74) is 1.81. The van der Waals surface area contributed by atoms with Crippen LogP contribution in [0.3, 0.4) is 0 Å². The monoisotopic (exact) mass is 292 g/mol. The number of nitrogens with one attached hydrogen (secondary N) is 1. The SMILES string of the molecule is CCN(CC(=O)Nc1ccc(C)cc1C)C(C)(C)C(=O)O. The van der Waals surface area contributed by atoms with Gasteiger partial charge in [0.2, 0.25) is 5.91 Å². The predicted octanol–water partition coefficient (Wildman–Crippen LogP) is 2.43. The van der Waals surface area contributed by atoms with Crippen LogP contribution in [-0.4, -0.2) is 40.5 Å². The lowest BCUT2D eigenvalue weighted by Crippen LogP contribution is -2.52. The Bertz CT molecular complexity index is 538. The number of carboxylic acids is 1. The van der Waals surface area contributed by atoms with Gasteiger partial charge in [0.1, 0.15) is 5.54 Å². The Kier molecular flexibility index (Phi) is 5.49. The molecule has 5 nitrogen and oxygen atoms in total. The van der Waals surface area contributed by atoms with Crippen molar-refractivity contribution in [1.29, 1.82) is 0 Å². The molecule has 116 valence electrons. The smallest absolute Gasteiger partial charge is 0.323 e. The number of benzene rings is 1. The van der Waals surface area contributed by atoms with E-state index in [1.54, 1.807) is 18.7 Å². The van der Waals surface area contributed by atoms with Gasteiger partial charge < -0.3 is 10.4 Å². The Morgan fingerprint density at radius 2 is 1.90 bits per heavy atom. The molecule has 0 saturated carbocycles. The molecule has 0 aliphatic rings. The summed E-state index contributed by atoms with van der Waals surface area (Å²) in [5.74, 6) is -1.15. The van der Waals surface area contributed by atoms with E-state index < -0.39 is 11.5 Å². The summed E-state index contributed by atoms with van der Waals surface area (Å²) < 4.78 is 0. The number of rotatable bonds is 6. The summed E-state index contributed by atoms with van der Waals surface area (Å²) in [5, 5.41) is 12.1. The van der Waals surface area contributed by atoms with Crippen LogP contribution in [-0.2, 0) is 9.59 Å². The number of hydrogen-bond acceptors (Lipinski definition) is 3. The fourth-order valence-electron chi connectivity index (χ4n) is 2.16. The predicted molar refractivity (Wildman–Crippen MR) is 83.5 cm³/mol. The van der Waals surface area contributed by atoms with Crippen molar-refractivity contribution in [2.75, 3.05) is 18.4 Å². The van der Waals surface area contributed by atoms with Crippen LogP contribution >= 0.6 is 0 Å². The largest absolute Gasteiger partial charge is 0.480 e. The average Bonchev–Trinajstić information content (AvgIpc) is 2.38. The topological polar surface area (TPSA) is 69.6 Å². The number of likely N-dealkylation sites (N-methyl/N-ethyl adjacent to an activating group) is 1. The number of amides is 1. The molecule has 0 aromatic heterocycles. The van der Waals surface area contributed by atoms with E-state index in [9.17, 15) is 14.7 Å². The van der Waals surface area contributed by atoms with Crippen molar-refractivity contribution in [1.82, 2.24) is 4.90 Å². The van der Waals surface area contributed by atoms with Gasteiger partial charge in [0.05, 0.1) is 6.54 Å². The molecule has 0 saturated heterocycles. The van der Waals surface area contributed by atoms with Crippen LogP contribution in [0.4, 0.5) is 5.69 Å². The molecule has 0 heterocycles. The van der Waals surface area contributed by atoms with E-state index in [1.165, 1.54) is 0 Å². The van der Waals surface area contributed by atoms with Gasteiger partial charge in [0, 0.05) is 5.69 Å². The number of carbonyl (C=O) groups excluding carboxylic acids is 1. The number of aryl methyl sites for hydroxylation is 2. The van der Waals surface area contributed by atoms with Crippen LogP contribution in [0.15, 0.2) is 18.2 Å². The van der Waals surface area contributed by atoms with Crippen LogP contribution in [0, 0.1) is 13.8 Å². The molecule has 1 aromatic rings. The molecule has 0 spiro atoms. The van der Waals surface area contributed by atoms with Crippen LogP contribution in [0.5, 0.6) is 0 Å². The third-order valence-corrected chi connectivity index (χ3v) is 3.69. The van der Waals surface area contributed by atoms with Gasteiger partial charge in [-0.25, -0.2) is 0 Å². The number of carboxylic acid groups (broad SMARTS) is 1. The highest BCUT2D eigenvalue weighted by molar-refractivity contribution is 5.93. The lowest BCUT2D eigenvalue weighted by molar-refractivity contribution is -0.149. The summed E-state index contributed by atoms with van der Waals surface area (Å²) in [7, 11) is 0. The fraction of sp³-hybridized carbons (Fsp3) is 0.500. The molecule has 0 aliphatic heterocycles. The number of nitrogens with zero attached hydrogens (tertiary/aromatic N) is 1. The average molecular weight is 292 g/mol. The van der Waals surface area contributed by atoms with E-state index >= 15 is 0 Å². The minimum Gasteiger partial charge on any atom is -0.480 e. The van der Waals surface area contributed by atoms with Crippen molar-refractivity contribution >= 4 is 17.6 Å². The van der Waals surface area contributed by atoms with Crippen LogP contribution in [0.1, 0.15) is 31.9 Å². The fourth-order valence-corrected chi connectivity index (χ4v) is 2.16. The second-order valence-corrected chi connectivity index (χ2v) is 5.74. The molecule has 1 aromatic carbocycles. The second-order valence-electron chi connectivity index (χ2n) is 5.74. The molecular weight excluding hydrogens is 268 g/mol. The van der Waals surface area contributed by atoms with Crippen molar-refractivity contribution in [2.45, 2.75) is 40.2 Å². The molecule has 0 aliphatic carbocycles. The molecule has 5 heteroatoms. The summed E-state index contributed by atoms with van der Waals surface area (Å²) in [4.78, 5) is 25.1. The Morgan fingerprint density at radius 3 is 2.38 bits per heavy atom. The van der Waals surface area contributed by atoms with Gasteiger partial charge >= 0.3 is 5.97 Å². The Hall–Kier alpha value is -1.88. The highest BCUT2D eigenvalue weighted by Gasteiger charge is 2.34. The molecule has 1 rings (SSSR count). The van der Waals surface area contributed by atoms with Crippen LogP contribution in [0.25, 0.3) is 0 Å².